The van der Waals surface area contributed by atoms with Crippen LogP contribution in [0.15, 0.2) is 18.2 Å². The largest absolute Gasteiger partial charge is 0.486 e. The number of ether oxygens (including phenoxy) is 2. The number of benzene rings is 1. The van der Waals surface area contributed by atoms with Crippen LogP contribution in [0, 0.1) is 0 Å². The average molecular weight is 291 g/mol. The summed E-state index contributed by atoms with van der Waals surface area (Å²) in [5, 5.41) is 9.05. The van der Waals surface area contributed by atoms with Gasteiger partial charge in [0.1, 0.15) is 13.2 Å². The van der Waals surface area contributed by atoms with Gasteiger partial charge in [-0.2, -0.15) is 0 Å². The third-order valence-corrected chi connectivity index (χ3v) is 4.13. The van der Waals surface area contributed by atoms with Crippen molar-refractivity contribution >= 4 is 5.91 Å². The van der Waals surface area contributed by atoms with Crippen molar-refractivity contribution in [2.45, 2.75) is 31.7 Å². The molecular formula is C16H21NO4. The summed E-state index contributed by atoms with van der Waals surface area (Å²) < 4.78 is 11.2. The molecule has 1 fully saturated rings. The van der Waals surface area contributed by atoms with Gasteiger partial charge in [-0.25, -0.2) is 0 Å². The van der Waals surface area contributed by atoms with Gasteiger partial charge in [0.25, 0.3) is 5.91 Å². The van der Waals surface area contributed by atoms with E-state index in [1.165, 1.54) is 6.42 Å². The second-order valence-corrected chi connectivity index (χ2v) is 5.49. The number of carbonyl (C=O) groups excluding carboxylic acids is 1. The van der Waals surface area contributed by atoms with E-state index in [4.69, 9.17) is 14.6 Å². The predicted octanol–water partition coefficient (Wildman–Crippen LogP) is 1.83. The number of hydrogen-bond donors (Lipinski definition) is 1. The summed E-state index contributed by atoms with van der Waals surface area (Å²) >= 11 is 0. The molecule has 1 amide bonds. The summed E-state index contributed by atoms with van der Waals surface area (Å²) in [4.78, 5) is 14.7. The van der Waals surface area contributed by atoms with Gasteiger partial charge in [0, 0.05) is 19.2 Å². The maximum absolute atomic E-state index is 12.9. The molecule has 5 heteroatoms. The predicted molar refractivity (Wildman–Crippen MR) is 77.8 cm³/mol. The molecule has 5 nitrogen and oxygen atoms in total. The van der Waals surface area contributed by atoms with Crippen molar-refractivity contribution in [3.63, 3.8) is 0 Å². The number of para-hydroxylation sites is 1. The van der Waals surface area contributed by atoms with E-state index in [0.717, 1.165) is 12.8 Å². The fourth-order valence-electron chi connectivity index (χ4n) is 2.79. The fourth-order valence-corrected chi connectivity index (χ4v) is 2.79. The Balaban J connectivity index is 1.85. The lowest BCUT2D eigenvalue weighted by Gasteiger charge is -2.38. The third-order valence-electron chi connectivity index (χ3n) is 4.13. The molecule has 1 aromatic carbocycles. The van der Waals surface area contributed by atoms with E-state index in [1.54, 1.807) is 6.07 Å². The quantitative estimate of drug-likeness (QED) is 0.899. The van der Waals surface area contributed by atoms with E-state index in [2.05, 4.69) is 0 Å². The first-order valence-electron chi connectivity index (χ1n) is 7.61. The van der Waals surface area contributed by atoms with Crippen molar-refractivity contribution in [3.05, 3.63) is 23.8 Å². The molecule has 0 bridgehead atoms. The summed E-state index contributed by atoms with van der Waals surface area (Å²) in [7, 11) is 0. The molecule has 0 aromatic heterocycles. The van der Waals surface area contributed by atoms with E-state index >= 15 is 0 Å². The number of rotatable bonds is 5. The first-order chi connectivity index (χ1) is 10.3. The van der Waals surface area contributed by atoms with Gasteiger partial charge in [-0.15, -0.1) is 0 Å². The Morgan fingerprint density at radius 3 is 2.81 bits per heavy atom. The number of aliphatic hydroxyl groups is 1. The van der Waals surface area contributed by atoms with Gasteiger partial charge >= 0.3 is 0 Å². The summed E-state index contributed by atoms with van der Waals surface area (Å²) in [5.74, 6) is 1.18. The zero-order chi connectivity index (χ0) is 14.7. The van der Waals surface area contributed by atoms with Crippen molar-refractivity contribution < 1.29 is 19.4 Å². The molecule has 0 saturated heterocycles. The molecule has 1 aliphatic heterocycles. The lowest BCUT2D eigenvalue weighted by atomic mass is 9.90. The van der Waals surface area contributed by atoms with Crippen LogP contribution in [0.1, 0.15) is 36.0 Å². The molecule has 0 atom stereocenters. The molecule has 0 radical (unpaired) electrons. The van der Waals surface area contributed by atoms with Crippen LogP contribution in [-0.4, -0.2) is 48.3 Å². The third kappa shape index (κ3) is 2.83. The smallest absolute Gasteiger partial charge is 0.258 e. The second kappa shape index (κ2) is 6.35. The number of fused-ring (bicyclic) bond motifs is 1. The molecule has 1 aliphatic carbocycles. The SMILES string of the molecule is O=C(c1cccc2c1OCCO2)N(CCCO)C1CCC1. The molecule has 1 heterocycles. The Hall–Kier alpha value is -1.75. The van der Waals surface area contributed by atoms with Gasteiger partial charge in [0.15, 0.2) is 11.5 Å². The number of nitrogens with zero attached hydrogens (tertiary/aromatic N) is 1. The molecule has 2 aliphatic rings. The number of carbonyl (C=O) groups is 1. The zero-order valence-electron chi connectivity index (χ0n) is 12.1. The first kappa shape index (κ1) is 14.2. The van der Waals surface area contributed by atoms with E-state index in [0.29, 0.717) is 49.3 Å². The van der Waals surface area contributed by atoms with Crippen molar-refractivity contribution in [1.82, 2.24) is 4.90 Å². The minimum Gasteiger partial charge on any atom is -0.486 e. The normalized spacial score (nSPS) is 17.2. The highest BCUT2D eigenvalue weighted by molar-refractivity contribution is 5.98. The molecule has 3 rings (SSSR count). The number of hydrogen-bond acceptors (Lipinski definition) is 4. The van der Waals surface area contributed by atoms with E-state index < -0.39 is 0 Å². The Morgan fingerprint density at radius 1 is 1.29 bits per heavy atom. The summed E-state index contributed by atoms with van der Waals surface area (Å²) in [6, 6.07) is 5.74. The summed E-state index contributed by atoms with van der Waals surface area (Å²) in [5.41, 5.74) is 0.567. The topological polar surface area (TPSA) is 59.0 Å². The van der Waals surface area contributed by atoms with E-state index in [9.17, 15) is 4.79 Å². The molecular weight excluding hydrogens is 270 g/mol. The van der Waals surface area contributed by atoms with Gasteiger partial charge < -0.3 is 19.5 Å². The van der Waals surface area contributed by atoms with Gasteiger partial charge in [0.2, 0.25) is 0 Å². The van der Waals surface area contributed by atoms with Crippen LogP contribution in [0.4, 0.5) is 0 Å². The van der Waals surface area contributed by atoms with Crippen LogP contribution < -0.4 is 9.47 Å². The summed E-state index contributed by atoms with van der Waals surface area (Å²) in [6.07, 6.45) is 3.86. The lowest BCUT2D eigenvalue weighted by Crippen LogP contribution is -2.45. The highest BCUT2D eigenvalue weighted by Gasteiger charge is 2.31. The van der Waals surface area contributed by atoms with E-state index in [1.807, 2.05) is 17.0 Å². The zero-order valence-corrected chi connectivity index (χ0v) is 12.1. The minimum absolute atomic E-state index is 0.0181. The van der Waals surface area contributed by atoms with Crippen LogP contribution in [-0.2, 0) is 0 Å². The van der Waals surface area contributed by atoms with Crippen molar-refractivity contribution in [2.75, 3.05) is 26.4 Å². The van der Waals surface area contributed by atoms with Crippen LogP contribution in [0.3, 0.4) is 0 Å². The van der Waals surface area contributed by atoms with Gasteiger partial charge in [-0.1, -0.05) is 6.07 Å². The highest BCUT2D eigenvalue weighted by atomic mass is 16.6. The number of amides is 1. The fraction of sp³-hybridized carbons (Fsp3) is 0.562. The lowest BCUT2D eigenvalue weighted by molar-refractivity contribution is 0.0553. The maximum Gasteiger partial charge on any atom is 0.258 e. The van der Waals surface area contributed by atoms with Crippen molar-refractivity contribution in [1.29, 1.82) is 0 Å². The molecule has 0 spiro atoms. The van der Waals surface area contributed by atoms with E-state index in [-0.39, 0.29) is 12.5 Å². The standard InChI is InChI=1S/C16H21NO4/c18-9-3-8-17(12-4-1-5-12)16(19)13-6-2-7-14-15(13)21-11-10-20-14/h2,6-7,12,18H,1,3-5,8-11H2. The molecule has 21 heavy (non-hydrogen) atoms. The molecule has 1 saturated carbocycles. The molecule has 0 unspecified atom stereocenters. The van der Waals surface area contributed by atoms with Crippen molar-refractivity contribution in [2.24, 2.45) is 0 Å². The van der Waals surface area contributed by atoms with Gasteiger partial charge in [-0.3, -0.25) is 4.79 Å². The Morgan fingerprint density at radius 2 is 2.10 bits per heavy atom. The Bertz CT molecular complexity index is 513. The minimum atomic E-state index is -0.0181. The Kier molecular flexibility index (Phi) is 4.29. The van der Waals surface area contributed by atoms with Crippen LogP contribution in [0.2, 0.25) is 0 Å². The molecule has 1 N–H and O–H groups in total. The van der Waals surface area contributed by atoms with Crippen LogP contribution in [0.25, 0.3) is 0 Å². The second-order valence-electron chi connectivity index (χ2n) is 5.49. The summed E-state index contributed by atoms with van der Waals surface area (Å²) in [6.45, 7) is 1.67. The van der Waals surface area contributed by atoms with Crippen LogP contribution >= 0.6 is 0 Å². The highest BCUT2D eigenvalue weighted by Crippen LogP contribution is 2.35. The van der Waals surface area contributed by atoms with Crippen molar-refractivity contribution in [3.8, 4) is 11.5 Å². The number of aliphatic hydroxyl groups excluding tert-OH is 1. The molecule has 1 aromatic rings. The monoisotopic (exact) mass is 291 g/mol. The van der Waals surface area contributed by atoms with Gasteiger partial charge in [0.05, 0.1) is 5.56 Å². The van der Waals surface area contributed by atoms with Crippen LogP contribution in [0.5, 0.6) is 11.5 Å². The average Bonchev–Trinajstić information content (AvgIpc) is 2.48. The molecule has 114 valence electrons. The Labute approximate surface area is 124 Å². The first-order valence-corrected chi connectivity index (χ1v) is 7.61. The maximum atomic E-state index is 12.9. The van der Waals surface area contributed by atoms with Gasteiger partial charge in [-0.05, 0) is 37.8 Å².